The van der Waals surface area contributed by atoms with Gasteiger partial charge in [-0.1, -0.05) is 0 Å². The van der Waals surface area contributed by atoms with Gasteiger partial charge in [-0.15, -0.1) is 0 Å². The van der Waals surface area contributed by atoms with Crippen molar-refractivity contribution in [3.05, 3.63) is 24.0 Å². The van der Waals surface area contributed by atoms with Gasteiger partial charge in [0.2, 0.25) is 0 Å². The van der Waals surface area contributed by atoms with Crippen LogP contribution < -0.4 is 10.6 Å². The molecule has 82 valence electrons. The summed E-state index contributed by atoms with van der Waals surface area (Å²) in [7, 11) is 1.15. The SMILES string of the molecule is CN(C(N)=O)c1cccnc1C(F)(F)F. The molecular weight excluding hydrogens is 211 g/mol. The van der Waals surface area contributed by atoms with Crippen LogP contribution in [0.1, 0.15) is 5.69 Å². The number of hydrogen-bond acceptors (Lipinski definition) is 2. The maximum absolute atomic E-state index is 12.4. The average Bonchev–Trinajstić information content (AvgIpc) is 2.15. The monoisotopic (exact) mass is 219 g/mol. The third kappa shape index (κ3) is 2.36. The number of rotatable bonds is 1. The van der Waals surface area contributed by atoms with Crippen molar-refractivity contribution < 1.29 is 18.0 Å². The first-order chi connectivity index (χ1) is 6.84. The molecule has 2 N–H and O–H groups in total. The number of anilines is 1. The van der Waals surface area contributed by atoms with Gasteiger partial charge in [-0.3, -0.25) is 4.90 Å². The number of pyridine rings is 1. The Hall–Kier alpha value is -1.79. The second-order valence-corrected chi connectivity index (χ2v) is 2.77. The van der Waals surface area contributed by atoms with Crippen LogP contribution in [0.5, 0.6) is 0 Å². The van der Waals surface area contributed by atoms with E-state index in [-0.39, 0.29) is 5.69 Å². The molecule has 0 aliphatic rings. The van der Waals surface area contributed by atoms with E-state index in [1.54, 1.807) is 0 Å². The Morgan fingerprint density at radius 2 is 2.13 bits per heavy atom. The van der Waals surface area contributed by atoms with Crippen LogP contribution in [0, 0.1) is 0 Å². The van der Waals surface area contributed by atoms with E-state index in [0.29, 0.717) is 4.90 Å². The highest BCUT2D eigenvalue weighted by atomic mass is 19.4. The maximum atomic E-state index is 12.4. The molecule has 1 rings (SSSR count). The zero-order valence-corrected chi connectivity index (χ0v) is 7.75. The summed E-state index contributed by atoms with van der Waals surface area (Å²) in [6.07, 6.45) is -3.61. The lowest BCUT2D eigenvalue weighted by Gasteiger charge is -2.18. The van der Waals surface area contributed by atoms with E-state index in [1.807, 2.05) is 0 Å². The van der Waals surface area contributed by atoms with Crippen LogP contribution in [-0.2, 0) is 6.18 Å². The van der Waals surface area contributed by atoms with Crippen LogP contribution in [0.15, 0.2) is 18.3 Å². The van der Waals surface area contributed by atoms with Crippen LogP contribution in [0.3, 0.4) is 0 Å². The average molecular weight is 219 g/mol. The Labute approximate surface area is 83.5 Å². The van der Waals surface area contributed by atoms with Gasteiger partial charge in [0, 0.05) is 13.2 Å². The van der Waals surface area contributed by atoms with Crippen molar-refractivity contribution in [3.63, 3.8) is 0 Å². The molecule has 0 atom stereocenters. The lowest BCUT2D eigenvalue weighted by atomic mass is 10.2. The fraction of sp³-hybridized carbons (Fsp3) is 0.250. The van der Waals surface area contributed by atoms with Gasteiger partial charge >= 0.3 is 12.2 Å². The van der Waals surface area contributed by atoms with Gasteiger partial charge < -0.3 is 5.73 Å². The predicted molar refractivity (Wildman–Crippen MR) is 47.2 cm³/mol. The summed E-state index contributed by atoms with van der Waals surface area (Å²) >= 11 is 0. The fourth-order valence-corrected chi connectivity index (χ4v) is 1.00. The number of nitrogens with two attached hydrogens (primary N) is 1. The standard InChI is InChI=1S/C8H8F3N3O/c1-14(7(12)15)5-3-2-4-13-6(5)8(9,10)11/h2-4H,1H3,(H2,12,15). The molecule has 2 amide bonds. The van der Waals surface area contributed by atoms with E-state index in [1.165, 1.54) is 6.07 Å². The third-order valence-corrected chi connectivity index (χ3v) is 1.75. The van der Waals surface area contributed by atoms with E-state index in [2.05, 4.69) is 4.98 Å². The molecule has 0 spiro atoms. The largest absolute Gasteiger partial charge is 0.435 e. The number of urea groups is 1. The summed E-state index contributed by atoms with van der Waals surface area (Å²) in [5.74, 6) is 0. The number of primary amides is 1. The highest BCUT2D eigenvalue weighted by Crippen LogP contribution is 2.34. The van der Waals surface area contributed by atoms with Gasteiger partial charge in [-0.05, 0) is 12.1 Å². The molecule has 0 saturated carbocycles. The van der Waals surface area contributed by atoms with Crippen LogP contribution in [-0.4, -0.2) is 18.1 Å². The normalized spacial score (nSPS) is 11.2. The van der Waals surface area contributed by atoms with Crippen LogP contribution in [0.4, 0.5) is 23.7 Å². The van der Waals surface area contributed by atoms with Crippen molar-refractivity contribution in [3.8, 4) is 0 Å². The lowest BCUT2D eigenvalue weighted by molar-refractivity contribution is -0.140. The first kappa shape index (κ1) is 11.3. The highest BCUT2D eigenvalue weighted by Gasteiger charge is 2.36. The van der Waals surface area contributed by atoms with Gasteiger partial charge in [0.15, 0.2) is 5.69 Å². The second kappa shape index (κ2) is 3.76. The quantitative estimate of drug-likeness (QED) is 0.780. The van der Waals surface area contributed by atoms with E-state index in [4.69, 9.17) is 5.73 Å². The van der Waals surface area contributed by atoms with E-state index >= 15 is 0 Å². The molecule has 0 unspecified atom stereocenters. The third-order valence-electron chi connectivity index (χ3n) is 1.75. The number of carbonyl (C=O) groups is 1. The summed E-state index contributed by atoms with van der Waals surface area (Å²) in [6, 6.07) is 1.44. The van der Waals surface area contributed by atoms with Gasteiger partial charge in [-0.2, -0.15) is 13.2 Å². The summed E-state index contributed by atoms with van der Waals surface area (Å²) in [6.45, 7) is 0. The maximum Gasteiger partial charge on any atom is 0.435 e. The minimum absolute atomic E-state index is 0.363. The molecule has 1 aromatic rings. The molecule has 1 heterocycles. The number of alkyl halides is 3. The van der Waals surface area contributed by atoms with Gasteiger partial charge in [0.1, 0.15) is 0 Å². The first-order valence-corrected chi connectivity index (χ1v) is 3.89. The Kier molecular flexibility index (Phi) is 2.83. The molecule has 0 aliphatic carbocycles. The molecule has 0 fully saturated rings. The summed E-state index contributed by atoms with van der Waals surface area (Å²) < 4.78 is 37.3. The molecule has 0 saturated heterocycles. The number of carbonyl (C=O) groups excluding carboxylic acids is 1. The van der Waals surface area contributed by atoms with Crippen molar-refractivity contribution in [2.24, 2.45) is 5.73 Å². The Morgan fingerprint density at radius 3 is 2.60 bits per heavy atom. The number of halogens is 3. The molecule has 0 aromatic carbocycles. The molecule has 7 heteroatoms. The molecule has 0 radical (unpaired) electrons. The van der Waals surface area contributed by atoms with Crippen molar-refractivity contribution in [1.82, 2.24) is 4.98 Å². The second-order valence-electron chi connectivity index (χ2n) is 2.77. The van der Waals surface area contributed by atoms with Crippen molar-refractivity contribution in [2.45, 2.75) is 6.18 Å². The molecule has 4 nitrogen and oxygen atoms in total. The number of nitrogens with zero attached hydrogens (tertiary/aromatic N) is 2. The minimum Gasteiger partial charge on any atom is -0.351 e. The molecular formula is C8H8F3N3O. The molecule has 0 bridgehead atoms. The Bertz CT molecular complexity index is 378. The minimum atomic E-state index is -4.61. The van der Waals surface area contributed by atoms with Gasteiger partial charge in [0.25, 0.3) is 0 Å². The zero-order chi connectivity index (χ0) is 11.6. The number of hydrogen-bond donors (Lipinski definition) is 1. The first-order valence-electron chi connectivity index (χ1n) is 3.89. The molecule has 0 aliphatic heterocycles. The van der Waals surface area contributed by atoms with Gasteiger partial charge in [-0.25, -0.2) is 9.78 Å². The van der Waals surface area contributed by atoms with Crippen LogP contribution >= 0.6 is 0 Å². The van der Waals surface area contributed by atoms with Crippen molar-refractivity contribution >= 4 is 11.7 Å². The smallest absolute Gasteiger partial charge is 0.351 e. The molecule has 15 heavy (non-hydrogen) atoms. The van der Waals surface area contributed by atoms with E-state index < -0.39 is 17.9 Å². The summed E-state index contributed by atoms with van der Waals surface area (Å²) in [5, 5.41) is 0. The van der Waals surface area contributed by atoms with E-state index in [0.717, 1.165) is 19.3 Å². The lowest BCUT2D eigenvalue weighted by Crippen LogP contribution is -2.33. The van der Waals surface area contributed by atoms with Gasteiger partial charge in [0.05, 0.1) is 5.69 Å². The highest BCUT2D eigenvalue weighted by molar-refractivity contribution is 5.90. The Morgan fingerprint density at radius 1 is 1.53 bits per heavy atom. The number of amides is 2. The number of aromatic nitrogens is 1. The van der Waals surface area contributed by atoms with Crippen molar-refractivity contribution in [1.29, 1.82) is 0 Å². The van der Waals surface area contributed by atoms with Crippen LogP contribution in [0.2, 0.25) is 0 Å². The molecule has 1 aromatic heterocycles. The zero-order valence-electron chi connectivity index (χ0n) is 7.75. The Balaban J connectivity index is 3.24. The topological polar surface area (TPSA) is 59.2 Å². The summed E-state index contributed by atoms with van der Waals surface area (Å²) in [4.78, 5) is 14.6. The van der Waals surface area contributed by atoms with E-state index in [9.17, 15) is 18.0 Å². The van der Waals surface area contributed by atoms with Crippen LogP contribution in [0.25, 0.3) is 0 Å². The fourth-order valence-electron chi connectivity index (χ4n) is 1.00. The van der Waals surface area contributed by atoms with Crippen molar-refractivity contribution in [2.75, 3.05) is 11.9 Å². The predicted octanol–water partition coefficient (Wildman–Crippen LogP) is 1.62. The summed E-state index contributed by atoms with van der Waals surface area (Å²) in [5.41, 5.74) is 3.38.